The predicted molar refractivity (Wildman–Crippen MR) is 59.3 cm³/mol. The van der Waals surface area contributed by atoms with Gasteiger partial charge >= 0.3 is 5.97 Å². The molecule has 2 aliphatic rings. The van der Waals surface area contributed by atoms with Gasteiger partial charge in [-0.25, -0.2) is 0 Å². The van der Waals surface area contributed by atoms with E-state index in [1.807, 2.05) is 0 Å². The lowest BCUT2D eigenvalue weighted by atomic mass is 9.58. The van der Waals surface area contributed by atoms with E-state index >= 15 is 0 Å². The maximum absolute atomic E-state index is 11.6. The van der Waals surface area contributed by atoms with E-state index in [2.05, 4.69) is 27.7 Å². The van der Waals surface area contributed by atoms with Crippen molar-refractivity contribution in [3.05, 3.63) is 0 Å². The zero-order valence-corrected chi connectivity index (χ0v) is 10.2. The summed E-state index contributed by atoms with van der Waals surface area (Å²) in [7, 11) is 0. The molecule has 0 radical (unpaired) electrons. The summed E-state index contributed by atoms with van der Waals surface area (Å²) >= 11 is 0. The van der Waals surface area contributed by atoms with Crippen molar-refractivity contribution < 1.29 is 9.53 Å². The smallest absolute Gasteiger partial charge is 0.309 e. The Morgan fingerprint density at radius 1 is 1.27 bits per heavy atom. The number of carbonyl (C=O) groups excluding carboxylic acids is 1. The van der Waals surface area contributed by atoms with Gasteiger partial charge in [0.2, 0.25) is 0 Å². The molecule has 0 aromatic rings. The first-order chi connectivity index (χ1) is 6.98. The zero-order chi connectivity index (χ0) is 11.2. The maximum Gasteiger partial charge on any atom is 0.309 e. The lowest BCUT2D eigenvalue weighted by Crippen LogP contribution is -2.45. The summed E-state index contributed by atoms with van der Waals surface area (Å²) < 4.78 is 5.58. The molecule has 0 amide bonds. The molecule has 0 aromatic heterocycles. The number of rotatable bonds is 2. The van der Waals surface area contributed by atoms with E-state index in [1.165, 1.54) is 0 Å². The van der Waals surface area contributed by atoms with Gasteiger partial charge in [-0.15, -0.1) is 0 Å². The highest BCUT2D eigenvalue weighted by atomic mass is 16.6. The van der Waals surface area contributed by atoms with Crippen LogP contribution in [0.25, 0.3) is 0 Å². The van der Waals surface area contributed by atoms with Crippen LogP contribution in [-0.4, -0.2) is 12.1 Å². The zero-order valence-electron chi connectivity index (χ0n) is 10.2. The molecule has 1 heterocycles. The Labute approximate surface area is 92.4 Å². The van der Waals surface area contributed by atoms with Gasteiger partial charge in [0.25, 0.3) is 0 Å². The van der Waals surface area contributed by atoms with Crippen molar-refractivity contribution in [1.29, 1.82) is 0 Å². The molecule has 2 unspecified atom stereocenters. The van der Waals surface area contributed by atoms with Gasteiger partial charge in [-0.1, -0.05) is 27.7 Å². The summed E-state index contributed by atoms with van der Waals surface area (Å²) in [5.41, 5.74) is 0.225. The maximum atomic E-state index is 11.6. The molecule has 0 spiro atoms. The minimum atomic E-state index is 0.0585. The number of ether oxygens (including phenoxy) is 1. The molecule has 2 atom stereocenters. The number of fused-ring (bicyclic) bond motifs is 2. The van der Waals surface area contributed by atoms with Crippen LogP contribution in [0, 0.1) is 23.2 Å². The Morgan fingerprint density at radius 2 is 1.87 bits per heavy atom. The van der Waals surface area contributed by atoms with E-state index in [0.29, 0.717) is 11.8 Å². The van der Waals surface area contributed by atoms with Gasteiger partial charge in [-0.2, -0.15) is 0 Å². The highest BCUT2D eigenvalue weighted by Gasteiger charge is 2.54. The van der Waals surface area contributed by atoms with Crippen LogP contribution < -0.4 is 0 Å². The fourth-order valence-corrected chi connectivity index (χ4v) is 3.78. The molecule has 1 aliphatic heterocycles. The highest BCUT2D eigenvalue weighted by molar-refractivity contribution is 5.75. The largest absolute Gasteiger partial charge is 0.462 e. The second-order valence-electron chi connectivity index (χ2n) is 5.82. The standard InChI is InChI=1S/C13H22O2/c1-8(2)13(9(3)4)6-5-10-7-11(13)15-12(10)14/h8-11H,5-7H2,1-4H3. The average Bonchev–Trinajstić information content (AvgIpc) is 2.43. The number of hydrogen-bond donors (Lipinski definition) is 0. The topological polar surface area (TPSA) is 26.3 Å². The summed E-state index contributed by atoms with van der Waals surface area (Å²) in [6.45, 7) is 9.08. The van der Waals surface area contributed by atoms with Gasteiger partial charge in [-0.05, 0) is 31.1 Å². The molecular formula is C13H22O2. The van der Waals surface area contributed by atoms with Crippen molar-refractivity contribution >= 4 is 5.97 Å². The summed E-state index contributed by atoms with van der Waals surface area (Å²) in [6, 6.07) is 0. The predicted octanol–water partition coefficient (Wildman–Crippen LogP) is 3.01. The molecule has 2 heteroatoms. The van der Waals surface area contributed by atoms with E-state index in [1.54, 1.807) is 0 Å². The van der Waals surface area contributed by atoms with E-state index in [9.17, 15) is 4.79 Å². The third-order valence-electron chi connectivity index (χ3n) is 4.77. The third kappa shape index (κ3) is 1.41. The quantitative estimate of drug-likeness (QED) is 0.655. The summed E-state index contributed by atoms with van der Waals surface area (Å²) in [5, 5.41) is 0. The van der Waals surface area contributed by atoms with Crippen molar-refractivity contribution in [2.45, 2.75) is 53.1 Å². The Bertz CT molecular complexity index is 260. The first-order valence-electron chi connectivity index (χ1n) is 6.19. The lowest BCUT2D eigenvalue weighted by molar-refractivity contribution is -0.149. The first-order valence-corrected chi connectivity index (χ1v) is 6.19. The number of esters is 1. The van der Waals surface area contributed by atoms with Crippen LogP contribution >= 0.6 is 0 Å². The Hall–Kier alpha value is -0.530. The summed E-state index contributed by atoms with van der Waals surface area (Å²) in [6.07, 6.45) is 3.34. The lowest BCUT2D eigenvalue weighted by Gasteiger charge is -2.47. The molecule has 1 saturated carbocycles. The Morgan fingerprint density at radius 3 is 2.40 bits per heavy atom. The molecule has 2 fully saturated rings. The van der Waals surface area contributed by atoms with E-state index in [0.717, 1.165) is 19.3 Å². The molecule has 2 rings (SSSR count). The van der Waals surface area contributed by atoms with Crippen LogP contribution in [0.1, 0.15) is 47.0 Å². The minimum Gasteiger partial charge on any atom is -0.462 e. The van der Waals surface area contributed by atoms with E-state index < -0.39 is 0 Å². The second-order valence-corrected chi connectivity index (χ2v) is 5.82. The number of hydrogen-bond acceptors (Lipinski definition) is 2. The third-order valence-corrected chi connectivity index (χ3v) is 4.77. The van der Waals surface area contributed by atoms with Crippen LogP contribution in [0.2, 0.25) is 0 Å². The van der Waals surface area contributed by atoms with Crippen molar-refractivity contribution in [2.24, 2.45) is 23.2 Å². The molecule has 0 N–H and O–H groups in total. The normalized spacial score (nSPS) is 33.6. The molecule has 2 bridgehead atoms. The van der Waals surface area contributed by atoms with Crippen LogP contribution in [0.5, 0.6) is 0 Å². The molecule has 86 valence electrons. The van der Waals surface area contributed by atoms with Crippen molar-refractivity contribution in [3.63, 3.8) is 0 Å². The highest BCUT2D eigenvalue weighted by Crippen LogP contribution is 2.54. The number of carbonyl (C=O) groups is 1. The van der Waals surface area contributed by atoms with Gasteiger partial charge < -0.3 is 4.74 Å². The van der Waals surface area contributed by atoms with Crippen molar-refractivity contribution in [3.8, 4) is 0 Å². The van der Waals surface area contributed by atoms with Crippen molar-refractivity contribution in [1.82, 2.24) is 0 Å². The fourth-order valence-electron chi connectivity index (χ4n) is 3.78. The average molecular weight is 210 g/mol. The summed E-state index contributed by atoms with van der Waals surface area (Å²) in [4.78, 5) is 11.6. The SMILES string of the molecule is CC(C)C1(C(C)C)CCC2CC1OC2=O. The fraction of sp³-hybridized carbons (Fsp3) is 0.923. The van der Waals surface area contributed by atoms with Gasteiger partial charge in [0.1, 0.15) is 6.10 Å². The first kappa shape index (κ1) is 11.0. The second kappa shape index (κ2) is 3.50. The van der Waals surface area contributed by atoms with Crippen LogP contribution in [0.15, 0.2) is 0 Å². The minimum absolute atomic E-state index is 0.0585. The van der Waals surface area contributed by atoms with Crippen LogP contribution in [0.4, 0.5) is 0 Å². The van der Waals surface area contributed by atoms with Crippen molar-refractivity contribution in [2.75, 3.05) is 0 Å². The molecule has 1 saturated heterocycles. The Balaban J connectivity index is 2.30. The molecule has 0 aromatic carbocycles. The van der Waals surface area contributed by atoms with Gasteiger partial charge in [0.15, 0.2) is 0 Å². The van der Waals surface area contributed by atoms with Gasteiger partial charge in [0, 0.05) is 5.41 Å². The van der Waals surface area contributed by atoms with Crippen LogP contribution in [0.3, 0.4) is 0 Å². The molecular weight excluding hydrogens is 188 g/mol. The molecule has 1 aliphatic carbocycles. The molecule has 15 heavy (non-hydrogen) atoms. The summed E-state index contributed by atoms with van der Waals surface area (Å²) in [5.74, 6) is 1.45. The van der Waals surface area contributed by atoms with Gasteiger partial charge in [-0.3, -0.25) is 4.79 Å². The van der Waals surface area contributed by atoms with E-state index in [4.69, 9.17) is 4.74 Å². The van der Waals surface area contributed by atoms with E-state index in [-0.39, 0.29) is 23.4 Å². The Kier molecular flexibility index (Phi) is 2.56. The van der Waals surface area contributed by atoms with Crippen LogP contribution in [-0.2, 0) is 9.53 Å². The monoisotopic (exact) mass is 210 g/mol. The molecule has 2 nitrogen and oxygen atoms in total. The van der Waals surface area contributed by atoms with Gasteiger partial charge in [0.05, 0.1) is 5.92 Å².